The zero-order valence-electron chi connectivity index (χ0n) is 12.5. The Kier molecular flexibility index (Phi) is 4.35. The zero-order valence-corrected chi connectivity index (χ0v) is 13.3. The topological polar surface area (TPSA) is 25.8 Å². The standard InChI is InChI=1S/C20H15ClN2/c1-3-7-14(4-2)15-10-12-16(13-11-15)19-17-8-5-6-9-18(17)22-20(21)23-19/h3-13H,1-2H2/b14-7+. The third-order valence-electron chi connectivity index (χ3n) is 3.58. The van der Waals surface area contributed by atoms with Gasteiger partial charge in [0.1, 0.15) is 0 Å². The normalized spacial score (nSPS) is 11.4. The smallest absolute Gasteiger partial charge is 0.218 e. The van der Waals surface area contributed by atoms with E-state index in [2.05, 4.69) is 23.1 Å². The molecule has 3 heteroatoms. The van der Waals surface area contributed by atoms with Crippen LogP contribution in [-0.2, 0) is 0 Å². The van der Waals surface area contributed by atoms with Gasteiger partial charge in [-0.3, -0.25) is 0 Å². The molecule has 0 aliphatic rings. The van der Waals surface area contributed by atoms with E-state index in [1.54, 1.807) is 6.08 Å². The number of fused-ring (bicyclic) bond motifs is 1. The molecule has 0 saturated heterocycles. The predicted octanol–water partition coefficient (Wildman–Crippen LogP) is 5.71. The monoisotopic (exact) mass is 318 g/mol. The molecule has 0 aliphatic carbocycles. The summed E-state index contributed by atoms with van der Waals surface area (Å²) in [6.07, 6.45) is 5.50. The molecule has 3 aromatic rings. The molecule has 0 spiro atoms. The average molecular weight is 319 g/mol. The summed E-state index contributed by atoms with van der Waals surface area (Å²) < 4.78 is 0. The van der Waals surface area contributed by atoms with Crippen molar-refractivity contribution in [1.29, 1.82) is 0 Å². The van der Waals surface area contributed by atoms with Gasteiger partial charge < -0.3 is 0 Å². The molecule has 0 saturated carbocycles. The molecular weight excluding hydrogens is 304 g/mol. The third-order valence-corrected chi connectivity index (χ3v) is 3.75. The van der Waals surface area contributed by atoms with Crippen LogP contribution in [0, 0.1) is 0 Å². The van der Waals surface area contributed by atoms with Gasteiger partial charge in [-0.15, -0.1) is 0 Å². The zero-order chi connectivity index (χ0) is 16.2. The summed E-state index contributed by atoms with van der Waals surface area (Å²) >= 11 is 6.06. The van der Waals surface area contributed by atoms with Crippen LogP contribution < -0.4 is 0 Å². The number of aromatic nitrogens is 2. The molecule has 0 aliphatic heterocycles. The van der Waals surface area contributed by atoms with Crippen LogP contribution in [0.4, 0.5) is 0 Å². The number of para-hydroxylation sites is 1. The van der Waals surface area contributed by atoms with Gasteiger partial charge in [-0.25, -0.2) is 9.97 Å². The second-order valence-electron chi connectivity index (χ2n) is 5.00. The molecule has 2 nitrogen and oxygen atoms in total. The maximum absolute atomic E-state index is 6.06. The van der Waals surface area contributed by atoms with Gasteiger partial charge in [-0.05, 0) is 28.8 Å². The van der Waals surface area contributed by atoms with Crippen molar-refractivity contribution in [3.8, 4) is 11.3 Å². The third kappa shape index (κ3) is 3.08. The molecule has 2 aromatic carbocycles. The maximum atomic E-state index is 6.06. The Morgan fingerprint density at radius 1 is 0.957 bits per heavy atom. The van der Waals surface area contributed by atoms with Gasteiger partial charge in [-0.1, -0.05) is 73.9 Å². The Morgan fingerprint density at radius 2 is 1.70 bits per heavy atom. The Balaban J connectivity index is 2.11. The number of allylic oxidation sites excluding steroid dienone is 4. The Bertz CT molecular complexity index is 909. The summed E-state index contributed by atoms with van der Waals surface area (Å²) in [5.41, 5.74) is 4.77. The Labute approximate surface area is 140 Å². The Morgan fingerprint density at radius 3 is 2.39 bits per heavy atom. The molecule has 0 bridgehead atoms. The summed E-state index contributed by atoms with van der Waals surface area (Å²) in [5, 5.41) is 1.23. The predicted molar refractivity (Wildman–Crippen MR) is 98.4 cm³/mol. The lowest BCUT2D eigenvalue weighted by Crippen LogP contribution is -1.91. The van der Waals surface area contributed by atoms with Gasteiger partial charge in [0.2, 0.25) is 5.28 Å². The van der Waals surface area contributed by atoms with Gasteiger partial charge in [0.15, 0.2) is 0 Å². The molecular formula is C20H15ClN2. The van der Waals surface area contributed by atoms with Crippen LogP contribution in [0.1, 0.15) is 5.56 Å². The summed E-state index contributed by atoms with van der Waals surface area (Å²) in [6.45, 7) is 7.56. The molecule has 0 amide bonds. The number of hydrogen-bond donors (Lipinski definition) is 0. The van der Waals surface area contributed by atoms with Gasteiger partial charge in [0.25, 0.3) is 0 Å². The van der Waals surface area contributed by atoms with Crippen molar-refractivity contribution in [2.45, 2.75) is 0 Å². The Hall–Kier alpha value is -2.71. The first-order valence-corrected chi connectivity index (χ1v) is 7.59. The number of rotatable bonds is 4. The molecule has 112 valence electrons. The van der Waals surface area contributed by atoms with Crippen molar-refractivity contribution in [2.24, 2.45) is 0 Å². The van der Waals surface area contributed by atoms with Crippen molar-refractivity contribution in [1.82, 2.24) is 9.97 Å². The van der Waals surface area contributed by atoms with E-state index >= 15 is 0 Å². The lowest BCUT2D eigenvalue weighted by Gasteiger charge is -2.08. The minimum Gasteiger partial charge on any atom is -0.218 e. The van der Waals surface area contributed by atoms with Gasteiger partial charge >= 0.3 is 0 Å². The van der Waals surface area contributed by atoms with E-state index in [9.17, 15) is 0 Å². The summed E-state index contributed by atoms with van der Waals surface area (Å²) in [4.78, 5) is 8.67. The summed E-state index contributed by atoms with van der Waals surface area (Å²) in [6, 6.07) is 16.0. The van der Waals surface area contributed by atoms with E-state index in [-0.39, 0.29) is 5.28 Å². The number of hydrogen-bond acceptors (Lipinski definition) is 2. The fourth-order valence-electron chi connectivity index (χ4n) is 2.50. The van der Waals surface area contributed by atoms with Gasteiger partial charge in [0, 0.05) is 10.9 Å². The second-order valence-corrected chi connectivity index (χ2v) is 5.34. The van der Waals surface area contributed by atoms with Crippen LogP contribution >= 0.6 is 11.6 Å². The largest absolute Gasteiger partial charge is 0.223 e. The van der Waals surface area contributed by atoms with Gasteiger partial charge in [-0.2, -0.15) is 0 Å². The first-order valence-electron chi connectivity index (χ1n) is 7.21. The molecule has 1 heterocycles. The number of nitrogens with zero attached hydrogens (tertiary/aromatic N) is 2. The molecule has 0 atom stereocenters. The highest BCUT2D eigenvalue weighted by atomic mass is 35.5. The molecule has 0 radical (unpaired) electrons. The van der Waals surface area contributed by atoms with Crippen molar-refractivity contribution < 1.29 is 0 Å². The van der Waals surface area contributed by atoms with E-state index in [4.69, 9.17) is 11.6 Å². The molecule has 0 fully saturated rings. The highest BCUT2D eigenvalue weighted by Gasteiger charge is 2.09. The van der Waals surface area contributed by atoms with E-state index in [1.807, 2.05) is 60.7 Å². The molecule has 0 unspecified atom stereocenters. The molecule has 3 rings (SSSR count). The quantitative estimate of drug-likeness (QED) is 0.455. The van der Waals surface area contributed by atoms with Gasteiger partial charge in [0.05, 0.1) is 11.2 Å². The molecule has 1 aromatic heterocycles. The molecule has 23 heavy (non-hydrogen) atoms. The number of benzene rings is 2. The van der Waals surface area contributed by atoms with Crippen LogP contribution in [0.25, 0.3) is 27.7 Å². The average Bonchev–Trinajstić information content (AvgIpc) is 2.59. The summed E-state index contributed by atoms with van der Waals surface area (Å²) in [5.74, 6) is 0. The van der Waals surface area contributed by atoms with Crippen LogP contribution in [0.5, 0.6) is 0 Å². The van der Waals surface area contributed by atoms with Crippen LogP contribution in [-0.4, -0.2) is 9.97 Å². The van der Waals surface area contributed by atoms with Crippen LogP contribution in [0.2, 0.25) is 5.28 Å². The highest BCUT2D eigenvalue weighted by Crippen LogP contribution is 2.28. The minimum atomic E-state index is 0.251. The lowest BCUT2D eigenvalue weighted by molar-refractivity contribution is 1.22. The van der Waals surface area contributed by atoms with Crippen LogP contribution in [0.15, 0.2) is 79.9 Å². The number of halogens is 1. The maximum Gasteiger partial charge on any atom is 0.223 e. The van der Waals surface area contributed by atoms with Crippen molar-refractivity contribution in [3.63, 3.8) is 0 Å². The lowest BCUT2D eigenvalue weighted by atomic mass is 10.0. The van der Waals surface area contributed by atoms with Crippen molar-refractivity contribution in [3.05, 3.63) is 90.8 Å². The fourth-order valence-corrected chi connectivity index (χ4v) is 2.67. The van der Waals surface area contributed by atoms with E-state index in [0.717, 1.165) is 33.3 Å². The fraction of sp³-hybridized carbons (Fsp3) is 0. The SMILES string of the molecule is C=C/C=C(\C=C)c1ccc(-c2nc(Cl)nc3ccccc23)cc1. The highest BCUT2D eigenvalue weighted by molar-refractivity contribution is 6.28. The van der Waals surface area contributed by atoms with Crippen LogP contribution in [0.3, 0.4) is 0 Å². The first-order chi connectivity index (χ1) is 11.2. The van der Waals surface area contributed by atoms with Crippen molar-refractivity contribution >= 4 is 28.1 Å². The molecule has 0 N–H and O–H groups in total. The van der Waals surface area contributed by atoms with Crippen molar-refractivity contribution in [2.75, 3.05) is 0 Å². The van der Waals surface area contributed by atoms with E-state index in [1.165, 1.54) is 0 Å². The first kappa shape index (κ1) is 15.2. The summed E-state index contributed by atoms with van der Waals surface area (Å²) in [7, 11) is 0. The van der Waals surface area contributed by atoms with E-state index in [0.29, 0.717) is 0 Å². The minimum absolute atomic E-state index is 0.251. The second kappa shape index (κ2) is 6.59. The van der Waals surface area contributed by atoms with E-state index < -0.39 is 0 Å².